The molecule has 1 atom stereocenters. The van der Waals surface area contributed by atoms with E-state index in [4.69, 9.17) is 15.2 Å². The number of nitrogens with zero attached hydrogens (tertiary/aromatic N) is 1. The van der Waals surface area contributed by atoms with Crippen LogP contribution >= 0.6 is 0 Å². The van der Waals surface area contributed by atoms with Crippen LogP contribution in [-0.4, -0.2) is 43.0 Å². The predicted molar refractivity (Wildman–Crippen MR) is 91.7 cm³/mol. The van der Waals surface area contributed by atoms with Crippen molar-refractivity contribution < 1.29 is 19.1 Å². The summed E-state index contributed by atoms with van der Waals surface area (Å²) in [5.41, 5.74) is 5.88. The van der Waals surface area contributed by atoms with Gasteiger partial charge in [-0.05, 0) is 50.0 Å². The molecule has 24 heavy (non-hydrogen) atoms. The molecule has 1 unspecified atom stereocenters. The molecule has 6 heteroatoms. The first kappa shape index (κ1) is 17.8. The number of rotatable bonds is 6. The highest BCUT2D eigenvalue weighted by Crippen LogP contribution is 2.28. The normalized spacial score (nSPS) is 17.8. The SMILES string of the molecule is COc1cc(/C=C/C(=O)N2CCCCC2C)ccc1OCC(N)=O. The number of ether oxygens (including phenoxy) is 2. The number of hydrogen-bond donors (Lipinski definition) is 1. The van der Waals surface area contributed by atoms with Gasteiger partial charge in [0.2, 0.25) is 5.91 Å². The van der Waals surface area contributed by atoms with Gasteiger partial charge in [-0.15, -0.1) is 0 Å². The van der Waals surface area contributed by atoms with E-state index in [-0.39, 0.29) is 18.6 Å². The highest BCUT2D eigenvalue weighted by Gasteiger charge is 2.21. The lowest BCUT2D eigenvalue weighted by molar-refractivity contribution is -0.129. The van der Waals surface area contributed by atoms with Crippen molar-refractivity contribution in [1.82, 2.24) is 4.90 Å². The Bertz CT molecular complexity index is 627. The van der Waals surface area contributed by atoms with Crippen LogP contribution in [0.2, 0.25) is 0 Å². The highest BCUT2D eigenvalue weighted by atomic mass is 16.5. The Labute approximate surface area is 142 Å². The van der Waals surface area contributed by atoms with Crippen LogP contribution in [-0.2, 0) is 9.59 Å². The van der Waals surface area contributed by atoms with Gasteiger partial charge in [-0.1, -0.05) is 6.07 Å². The first-order valence-electron chi connectivity index (χ1n) is 8.09. The average Bonchev–Trinajstić information content (AvgIpc) is 2.58. The summed E-state index contributed by atoms with van der Waals surface area (Å²) < 4.78 is 10.5. The fraction of sp³-hybridized carbons (Fsp3) is 0.444. The molecule has 1 aliphatic heterocycles. The second-order valence-corrected chi connectivity index (χ2v) is 5.88. The van der Waals surface area contributed by atoms with Crippen LogP contribution in [0.5, 0.6) is 11.5 Å². The Hall–Kier alpha value is -2.50. The molecule has 1 aromatic carbocycles. The lowest BCUT2D eigenvalue weighted by Gasteiger charge is -2.32. The third-order valence-corrected chi connectivity index (χ3v) is 4.06. The molecule has 2 rings (SSSR count). The fourth-order valence-electron chi connectivity index (χ4n) is 2.74. The zero-order valence-corrected chi connectivity index (χ0v) is 14.2. The molecule has 1 aliphatic rings. The zero-order valence-electron chi connectivity index (χ0n) is 14.2. The summed E-state index contributed by atoms with van der Waals surface area (Å²) in [5, 5.41) is 0. The number of piperidine rings is 1. The van der Waals surface area contributed by atoms with E-state index in [1.165, 1.54) is 13.5 Å². The monoisotopic (exact) mass is 332 g/mol. The third-order valence-electron chi connectivity index (χ3n) is 4.06. The van der Waals surface area contributed by atoms with Crippen LogP contribution in [0.15, 0.2) is 24.3 Å². The van der Waals surface area contributed by atoms with Crippen molar-refractivity contribution in [3.63, 3.8) is 0 Å². The predicted octanol–water partition coefficient (Wildman–Crippen LogP) is 1.97. The first-order valence-corrected chi connectivity index (χ1v) is 8.09. The van der Waals surface area contributed by atoms with Crippen LogP contribution in [0.3, 0.4) is 0 Å². The van der Waals surface area contributed by atoms with Crippen molar-refractivity contribution in [3.05, 3.63) is 29.8 Å². The number of carbonyl (C=O) groups is 2. The molecule has 1 aromatic rings. The van der Waals surface area contributed by atoms with E-state index in [1.807, 2.05) is 4.90 Å². The van der Waals surface area contributed by atoms with E-state index in [1.54, 1.807) is 30.4 Å². The number of benzene rings is 1. The van der Waals surface area contributed by atoms with Crippen molar-refractivity contribution in [2.45, 2.75) is 32.2 Å². The lowest BCUT2D eigenvalue weighted by atomic mass is 10.0. The molecule has 1 saturated heterocycles. The second kappa shape index (κ2) is 8.38. The zero-order chi connectivity index (χ0) is 17.5. The fourth-order valence-corrected chi connectivity index (χ4v) is 2.74. The summed E-state index contributed by atoms with van der Waals surface area (Å²) in [6.45, 7) is 2.68. The molecular formula is C18H24N2O4. The standard InChI is InChI=1S/C18H24N2O4/c1-13-5-3-4-10-20(13)18(22)9-7-14-6-8-15(16(11-14)23-2)24-12-17(19)21/h6-9,11,13H,3-5,10,12H2,1-2H3,(H2,19,21)/b9-7+. The summed E-state index contributed by atoms with van der Waals surface area (Å²) in [5.74, 6) is 0.388. The Morgan fingerprint density at radius 2 is 2.12 bits per heavy atom. The van der Waals surface area contributed by atoms with Gasteiger partial charge in [0.15, 0.2) is 18.1 Å². The summed E-state index contributed by atoms with van der Waals surface area (Å²) in [7, 11) is 1.51. The molecule has 2 N–H and O–H groups in total. The summed E-state index contributed by atoms with van der Waals surface area (Å²) in [6, 6.07) is 5.52. The molecule has 1 heterocycles. The number of methoxy groups -OCH3 is 1. The molecule has 2 amide bonds. The summed E-state index contributed by atoms with van der Waals surface area (Å²) >= 11 is 0. The van der Waals surface area contributed by atoms with Crippen molar-refractivity contribution in [1.29, 1.82) is 0 Å². The number of hydrogen-bond acceptors (Lipinski definition) is 4. The number of amides is 2. The Kier molecular flexibility index (Phi) is 6.23. The van der Waals surface area contributed by atoms with Gasteiger partial charge in [0.05, 0.1) is 7.11 Å². The van der Waals surface area contributed by atoms with Crippen LogP contribution in [0.1, 0.15) is 31.7 Å². The largest absolute Gasteiger partial charge is 0.493 e. The number of primary amides is 1. The maximum Gasteiger partial charge on any atom is 0.255 e. The van der Waals surface area contributed by atoms with Crippen molar-refractivity contribution >= 4 is 17.9 Å². The van der Waals surface area contributed by atoms with Gasteiger partial charge in [0.25, 0.3) is 5.91 Å². The molecule has 0 bridgehead atoms. The third kappa shape index (κ3) is 4.75. The Morgan fingerprint density at radius 3 is 2.79 bits per heavy atom. The Morgan fingerprint density at radius 1 is 1.33 bits per heavy atom. The number of carbonyl (C=O) groups excluding carboxylic acids is 2. The maximum atomic E-state index is 12.3. The van der Waals surface area contributed by atoms with Gasteiger partial charge in [-0.2, -0.15) is 0 Å². The van der Waals surface area contributed by atoms with Crippen molar-refractivity contribution in [2.75, 3.05) is 20.3 Å². The minimum absolute atomic E-state index is 0.0234. The number of likely N-dealkylation sites (tertiary alicyclic amines) is 1. The van der Waals surface area contributed by atoms with Crippen LogP contribution in [0, 0.1) is 0 Å². The topological polar surface area (TPSA) is 81.9 Å². The van der Waals surface area contributed by atoms with Crippen LogP contribution in [0.25, 0.3) is 6.08 Å². The van der Waals surface area contributed by atoms with E-state index in [0.29, 0.717) is 11.5 Å². The van der Waals surface area contributed by atoms with Gasteiger partial charge in [0.1, 0.15) is 0 Å². The van der Waals surface area contributed by atoms with Gasteiger partial charge in [0, 0.05) is 18.7 Å². The molecular weight excluding hydrogens is 308 g/mol. The van der Waals surface area contributed by atoms with E-state index in [0.717, 1.165) is 24.9 Å². The Balaban J connectivity index is 2.06. The smallest absolute Gasteiger partial charge is 0.255 e. The summed E-state index contributed by atoms with van der Waals surface area (Å²) in [4.78, 5) is 25.0. The second-order valence-electron chi connectivity index (χ2n) is 5.88. The quantitative estimate of drug-likeness (QED) is 0.808. The molecule has 0 saturated carbocycles. The molecule has 130 valence electrons. The van der Waals surface area contributed by atoms with E-state index in [2.05, 4.69) is 6.92 Å². The van der Waals surface area contributed by atoms with Crippen LogP contribution < -0.4 is 15.2 Å². The minimum Gasteiger partial charge on any atom is -0.493 e. The van der Waals surface area contributed by atoms with Crippen molar-refractivity contribution in [2.24, 2.45) is 5.73 Å². The molecule has 0 spiro atoms. The maximum absolute atomic E-state index is 12.3. The minimum atomic E-state index is -0.553. The van der Waals surface area contributed by atoms with Gasteiger partial charge in [-0.25, -0.2) is 0 Å². The van der Waals surface area contributed by atoms with E-state index >= 15 is 0 Å². The summed E-state index contributed by atoms with van der Waals surface area (Å²) in [6.07, 6.45) is 6.63. The van der Waals surface area contributed by atoms with E-state index < -0.39 is 5.91 Å². The van der Waals surface area contributed by atoms with Gasteiger partial charge >= 0.3 is 0 Å². The van der Waals surface area contributed by atoms with Crippen molar-refractivity contribution in [3.8, 4) is 11.5 Å². The molecule has 0 radical (unpaired) electrons. The van der Waals surface area contributed by atoms with Crippen LogP contribution in [0.4, 0.5) is 0 Å². The van der Waals surface area contributed by atoms with E-state index in [9.17, 15) is 9.59 Å². The lowest BCUT2D eigenvalue weighted by Crippen LogP contribution is -2.41. The molecule has 0 aliphatic carbocycles. The first-order chi connectivity index (χ1) is 11.5. The highest BCUT2D eigenvalue weighted by molar-refractivity contribution is 5.92. The van der Waals surface area contributed by atoms with Gasteiger partial charge in [-0.3, -0.25) is 9.59 Å². The molecule has 1 fully saturated rings. The number of nitrogens with two attached hydrogens (primary N) is 1. The molecule has 0 aromatic heterocycles. The average molecular weight is 332 g/mol. The molecule has 6 nitrogen and oxygen atoms in total. The van der Waals surface area contributed by atoms with Gasteiger partial charge < -0.3 is 20.1 Å².